The second-order valence-corrected chi connectivity index (χ2v) is 10.1. The van der Waals surface area contributed by atoms with Crippen LogP contribution >= 0.6 is 0 Å². The largest absolute Gasteiger partial charge is 0.507 e. The van der Waals surface area contributed by atoms with Gasteiger partial charge in [0, 0.05) is 31.7 Å². The third-order valence-electron chi connectivity index (χ3n) is 7.36. The molecule has 0 radical (unpaired) electrons. The Balaban J connectivity index is 1.74. The molecule has 0 bridgehead atoms. The summed E-state index contributed by atoms with van der Waals surface area (Å²) in [4.78, 5) is 30.7. The van der Waals surface area contributed by atoms with E-state index in [0.717, 1.165) is 31.5 Å². The Kier molecular flexibility index (Phi) is 10.4. The second-order valence-electron chi connectivity index (χ2n) is 10.1. The lowest BCUT2D eigenvalue weighted by molar-refractivity contribution is -0.140. The van der Waals surface area contributed by atoms with Crippen LogP contribution in [0.5, 0.6) is 17.2 Å². The number of benzene rings is 2. The predicted octanol–water partition coefficient (Wildman–Crippen LogP) is 4.50. The van der Waals surface area contributed by atoms with E-state index in [1.54, 1.807) is 48.4 Å². The van der Waals surface area contributed by atoms with Gasteiger partial charge in [-0.15, -0.1) is 0 Å². The minimum atomic E-state index is -0.799. The Morgan fingerprint density at radius 1 is 1.07 bits per heavy atom. The van der Waals surface area contributed by atoms with Crippen LogP contribution in [-0.4, -0.2) is 86.3 Å². The standard InChI is InChI=1S/C32H40N2O7/c1-5-7-17-41-26-11-8-23(21-27(26)38-4)29-28(30(35)24-9-10-25(22(3)20-24)40-16-6-2)31(36)32(37)34(29)13-12-33-14-18-39-19-15-33/h6,8-11,20-21,29,35H,2,5,7,12-19H2,1,3-4H3/b30-28+. The Hall–Kier alpha value is -3.82. The number of hydrogen-bond donors (Lipinski definition) is 1. The number of methoxy groups -OCH3 is 1. The molecule has 2 aliphatic heterocycles. The number of amides is 1. The fraction of sp³-hybridized carbons (Fsp3) is 0.438. The van der Waals surface area contributed by atoms with Crippen molar-refractivity contribution in [3.63, 3.8) is 0 Å². The molecule has 0 aliphatic carbocycles. The third-order valence-corrected chi connectivity index (χ3v) is 7.36. The van der Waals surface area contributed by atoms with Crippen LogP contribution in [0.3, 0.4) is 0 Å². The van der Waals surface area contributed by atoms with E-state index in [4.69, 9.17) is 18.9 Å². The van der Waals surface area contributed by atoms with Crippen LogP contribution in [-0.2, 0) is 14.3 Å². The van der Waals surface area contributed by atoms with E-state index in [1.165, 1.54) is 0 Å². The van der Waals surface area contributed by atoms with Gasteiger partial charge in [-0.1, -0.05) is 32.1 Å². The number of aryl methyl sites for hydroxylation is 1. The van der Waals surface area contributed by atoms with E-state index in [2.05, 4.69) is 18.4 Å². The van der Waals surface area contributed by atoms with Crippen LogP contribution < -0.4 is 14.2 Å². The lowest BCUT2D eigenvalue weighted by Crippen LogP contribution is -2.42. The maximum absolute atomic E-state index is 13.5. The monoisotopic (exact) mass is 564 g/mol. The summed E-state index contributed by atoms with van der Waals surface area (Å²) in [5, 5.41) is 11.5. The highest BCUT2D eigenvalue weighted by Gasteiger charge is 2.46. The van der Waals surface area contributed by atoms with E-state index in [0.29, 0.717) is 67.9 Å². The maximum Gasteiger partial charge on any atom is 0.295 e. The van der Waals surface area contributed by atoms with E-state index >= 15 is 0 Å². The molecule has 41 heavy (non-hydrogen) atoms. The summed E-state index contributed by atoms with van der Waals surface area (Å²) in [6, 6.07) is 9.77. The summed E-state index contributed by atoms with van der Waals surface area (Å²) in [6.07, 6.45) is 3.56. The first kappa shape index (κ1) is 30.1. The summed E-state index contributed by atoms with van der Waals surface area (Å²) in [5.41, 5.74) is 1.90. The molecule has 1 atom stereocenters. The lowest BCUT2D eigenvalue weighted by Gasteiger charge is -2.31. The molecule has 0 saturated carbocycles. The van der Waals surface area contributed by atoms with E-state index in [9.17, 15) is 14.7 Å². The van der Waals surface area contributed by atoms with Gasteiger partial charge in [0.05, 0.1) is 38.5 Å². The summed E-state index contributed by atoms with van der Waals surface area (Å²) in [5.74, 6) is 0.129. The Morgan fingerprint density at radius 3 is 2.51 bits per heavy atom. The number of rotatable bonds is 13. The number of ether oxygens (including phenoxy) is 4. The molecule has 1 N–H and O–H groups in total. The number of likely N-dealkylation sites (tertiary alicyclic amines) is 1. The van der Waals surface area contributed by atoms with Crippen LogP contribution in [0.25, 0.3) is 5.76 Å². The zero-order valence-corrected chi connectivity index (χ0v) is 24.2. The Labute approximate surface area is 241 Å². The third kappa shape index (κ3) is 6.92. The molecule has 2 heterocycles. The first-order valence-corrected chi connectivity index (χ1v) is 14.1. The van der Waals surface area contributed by atoms with Crippen molar-refractivity contribution in [2.45, 2.75) is 32.7 Å². The number of ketones is 1. The van der Waals surface area contributed by atoms with E-state index in [-0.39, 0.29) is 11.3 Å². The van der Waals surface area contributed by atoms with Gasteiger partial charge in [-0.05, 0) is 54.8 Å². The number of morpholine rings is 1. The normalized spacial score (nSPS) is 18.9. The average molecular weight is 565 g/mol. The van der Waals surface area contributed by atoms with Crippen molar-refractivity contribution in [2.75, 3.05) is 59.7 Å². The van der Waals surface area contributed by atoms with Crippen LogP contribution in [0.4, 0.5) is 0 Å². The van der Waals surface area contributed by atoms with E-state index < -0.39 is 17.7 Å². The number of carbonyl (C=O) groups is 2. The number of nitrogens with zero attached hydrogens (tertiary/aromatic N) is 2. The van der Waals surface area contributed by atoms with Crippen LogP contribution in [0.2, 0.25) is 0 Å². The Morgan fingerprint density at radius 2 is 1.83 bits per heavy atom. The summed E-state index contributed by atoms with van der Waals surface area (Å²) in [6.45, 7) is 12.2. The molecule has 2 aliphatic rings. The van der Waals surface area contributed by atoms with Gasteiger partial charge in [0.2, 0.25) is 0 Å². The molecule has 1 unspecified atom stereocenters. The molecule has 2 aromatic carbocycles. The van der Waals surface area contributed by atoms with Gasteiger partial charge in [0.15, 0.2) is 11.5 Å². The van der Waals surface area contributed by atoms with Crippen molar-refractivity contribution in [3.8, 4) is 17.2 Å². The van der Waals surface area contributed by atoms with Gasteiger partial charge >= 0.3 is 0 Å². The molecule has 2 aromatic rings. The minimum Gasteiger partial charge on any atom is -0.507 e. The SMILES string of the molecule is C=CCOc1ccc(/C(O)=C2\C(=O)C(=O)N(CCN3CCOCC3)C2c2ccc(OCCCC)c(OC)c2)cc1C. The molecule has 2 saturated heterocycles. The number of aliphatic hydroxyl groups is 1. The van der Waals surface area contributed by atoms with Gasteiger partial charge < -0.3 is 29.0 Å². The molecule has 220 valence electrons. The maximum atomic E-state index is 13.5. The lowest BCUT2D eigenvalue weighted by atomic mass is 9.94. The van der Waals surface area contributed by atoms with Gasteiger partial charge in [-0.3, -0.25) is 14.5 Å². The molecular weight excluding hydrogens is 524 g/mol. The molecule has 4 rings (SSSR count). The molecule has 9 heteroatoms. The quantitative estimate of drug-likeness (QED) is 0.125. The molecule has 2 fully saturated rings. The van der Waals surface area contributed by atoms with Crippen LogP contribution in [0.1, 0.15) is 42.5 Å². The molecule has 9 nitrogen and oxygen atoms in total. The van der Waals surface area contributed by atoms with Gasteiger partial charge in [0.25, 0.3) is 11.7 Å². The van der Waals surface area contributed by atoms with Crippen molar-refractivity contribution < 1.29 is 33.6 Å². The molecular formula is C32H40N2O7. The van der Waals surface area contributed by atoms with Crippen LogP contribution in [0, 0.1) is 6.92 Å². The number of carbonyl (C=O) groups excluding carboxylic acids is 2. The minimum absolute atomic E-state index is 0.0397. The fourth-order valence-corrected chi connectivity index (χ4v) is 5.09. The van der Waals surface area contributed by atoms with Gasteiger partial charge in [-0.25, -0.2) is 0 Å². The first-order chi connectivity index (χ1) is 19.9. The summed E-state index contributed by atoms with van der Waals surface area (Å²) in [7, 11) is 1.56. The van der Waals surface area contributed by atoms with Crippen molar-refractivity contribution in [2.24, 2.45) is 0 Å². The highest BCUT2D eigenvalue weighted by Crippen LogP contribution is 2.42. The second kappa shape index (κ2) is 14.2. The molecule has 0 aromatic heterocycles. The van der Waals surface area contributed by atoms with Crippen molar-refractivity contribution in [1.82, 2.24) is 9.80 Å². The number of Topliss-reactive ketones (excluding diaryl/α,β-unsaturated/α-hetero) is 1. The topological polar surface area (TPSA) is 97.8 Å². The van der Waals surface area contributed by atoms with Crippen LogP contribution in [0.15, 0.2) is 54.6 Å². The summed E-state index contributed by atoms with van der Waals surface area (Å²) < 4.78 is 22.7. The molecule has 0 spiro atoms. The van der Waals surface area contributed by atoms with Gasteiger partial charge in [0.1, 0.15) is 18.1 Å². The highest BCUT2D eigenvalue weighted by molar-refractivity contribution is 6.46. The van der Waals surface area contributed by atoms with Crippen molar-refractivity contribution >= 4 is 17.4 Å². The highest BCUT2D eigenvalue weighted by atomic mass is 16.5. The smallest absolute Gasteiger partial charge is 0.295 e. The molecule has 1 amide bonds. The average Bonchev–Trinajstić information content (AvgIpc) is 3.24. The first-order valence-electron chi connectivity index (χ1n) is 14.1. The zero-order chi connectivity index (χ0) is 29.4. The number of hydrogen-bond acceptors (Lipinski definition) is 8. The van der Waals surface area contributed by atoms with Gasteiger partial charge in [-0.2, -0.15) is 0 Å². The van der Waals surface area contributed by atoms with Crippen molar-refractivity contribution in [1.29, 1.82) is 0 Å². The zero-order valence-electron chi connectivity index (χ0n) is 24.2. The Bertz CT molecular complexity index is 1280. The van der Waals surface area contributed by atoms with E-state index in [1.807, 2.05) is 13.0 Å². The summed E-state index contributed by atoms with van der Waals surface area (Å²) >= 11 is 0. The number of unbranched alkanes of at least 4 members (excludes halogenated alkanes) is 1. The fourth-order valence-electron chi connectivity index (χ4n) is 5.09. The van der Waals surface area contributed by atoms with Crippen molar-refractivity contribution in [3.05, 3.63) is 71.3 Å². The number of aliphatic hydroxyl groups excluding tert-OH is 1. The predicted molar refractivity (Wildman–Crippen MR) is 157 cm³/mol.